The van der Waals surface area contributed by atoms with Crippen LogP contribution < -0.4 is 0 Å². The van der Waals surface area contributed by atoms with E-state index in [2.05, 4.69) is 38.0 Å². The summed E-state index contributed by atoms with van der Waals surface area (Å²) in [6.07, 6.45) is 8.09. The maximum absolute atomic E-state index is 4.41. The minimum Gasteiger partial charge on any atom is -0.375 e. The van der Waals surface area contributed by atoms with Crippen LogP contribution in [0.1, 0.15) is 25.0 Å². The van der Waals surface area contributed by atoms with Gasteiger partial charge in [0.25, 0.3) is 0 Å². The highest BCUT2D eigenvalue weighted by Crippen LogP contribution is 2.35. The molecule has 1 aromatic rings. The van der Waals surface area contributed by atoms with Crippen LogP contribution in [0.3, 0.4) is 0 Å². The van der Waals surface area contributed by atoms with Crippen molar-refractivity contribution in [3.8, 4) is 0 Å². The predicted octanol–water partition coefficient (Wildman–Crippen LogP) is 3.30. The molecule has 0 N–H and O–H groups in total. The average molecular weight is 279 g/mol. The monoisotopic (exact) mass is 278 g/mol. The summed E-state index contributed by atoms with van der Waals surface area (Å²) < 4.78 is 1.09. The highest BCUT2D eigenvalue weighted by Gasteiger charge is 2.28. The second-order valence-electron chi connectivity index (χ2n) is 4.64. The molecule has 0 aromatic carbocycles. The molecule has 0 amide bonds. The predicted molar refractivity (Wildman–Crippen MR) is 68.8 cm³/mol. The molecule has 2 bridgehead atoms. The first-order valence-corrected chi connectivity index (χ1v) is 6.68. The lowest BCUT2D eigenvalue weighted by Crippen LogP contribution is -2.39. The molecule has 0 aliphatic carbocycles. The fourth-order valence-electron chi connectivity index (χ4n) is 2.66. The van der Waals surface area contributed by atoms with Gasteiger partial charge in [-0.25, -0.2) is 0 Å². The van der Waals surface area contributed by atoms with E-state index in [-0.39, 0.29) is 0 Å². The standard InChI is InChI=1S/C13H15BrN2/c14-12-2-1-5-15-13(12)9-11-8-10-3-6-16(11)7-4-10/h1-2,5,9-10H,3-4,6-8H2. The molecule has 4 heterocycles. The lowest BCUT2D eigenvalue weighted by atomic mass is 9.86. The number of rotatable bonds is 1. The summed E-state index contributed by atoms with van der Waals surface area (Å²) in [6, 6.07) is 4.01. The summed E-state index contributed by atoms with van der Waals surface area (Å²) in [5.74, 6) is 0.915. The van der Waals surface area contributed by atoms with Gasteiger partial charge in [0.15, 0.2) is 0 Å². The molecule has 3 heteroatoms. The molecule has 2 nitrogen and oxygen atoms in total. The number of pyridine rings is 1. The number of halogens is 1. The lowest BCUT2D eigenvalue weighted by molar-refractivity contribution is 0.162. The minimum atomic E-state index is 0.915. The molecule has 84 valence electrons. The molecule has 16 heavy (non-hydrogen) atoms. The third kappa shape index (κ3) is 1.88. The maximum Gasteiger partial charge on any atom is 0.0788 e. The summed E-state index contributed by atoms with van der Waals surface area (Å²) in [5, 5.41) is 0. The minimum absolute atomic E-state index is 0.915. The smallest absolute Gasteiger partial charge is 0.0788 e. The van der Waals surface area contributed by atoms with Crippen LogP contribution in [-0.4, -0.2) is 23.0 Å². The van der Waals surface area contributed by atoms with Crippen LogP contribution in [0.25, 0.3) is 6.08 Å². The number of hydrogen-bond donors (Lipinski definition) is 0. The van der Waals surface area contributed by atoms with Crippen molar-refractivity contribution in [2.24, 2.45) is 5.92 Å². The molecule has 3 fully saturated rings. The molecule has 0 unspecified atom stereocenters. The van der Waals surface area contributed by atoms with Gasteiger partial charge in [-0.1, -0.05) is 0 Å². The summed E-state index contributed by atoms with van der Waals surface area (Å²) in [7, 11) is 0. The van der Waals surface area contributed by atoms with Crippen LogP contribution in [0.4, 0.5) is 0 Å². The molecule has 0 atom stereocenters. The molecular formula is C13H15BrN2. The number of fused-ring (bicyclic) bond motifs is 3. The Morgan fingerprint density at radius 1 is 1.38 bits per heavy atom. The SMILES string of the molecule is Brc1cccnc1C=C1CC2CCN1CC2. The first-order valence-electron chi connectivity index (χ1n) is 5.89. The zero-order chi connectivity index (χ0) is 11.0. The zero-order valence-corrected chi connectivity index (χ0v) is 10.8. The van der Waals surface area contributed by atoms with Gasteiger partial charge in [-0.05, 0) is 59.3 Å². The van der Waals surface area contributed by atoms with Crippen LogP contribution in [0.5, 0.6) is 0 Å². The third-order valence-corrected chi connectivity index (χ3v) is 4.28. The van der Waals surface area contributed by atoms with Gasteiger partial charge in [-0.2, -0.15) is 0 Å². The highest BCUT2D eigenvalue weighted by molar-refractivity contribution is 9.10. The second-order valence-corrected chi connectivity index (χ2v) is 5.50. The Labute approximate surface area is 104 Å². The number of nitrogens with zero attached hydrogens (tertiary/aromatic N) is 2. The summed E-state index contributed by atoms with van der Waals surface area (Å²) in [6.45, 7) is 2.47. The van der Waals surface area contributed by atoms with E-state index in [0.29, 0.717) is 0 Å². The Hall–Kier alpha value is -0.830. The van der Waals surface area contributed by atoms with Crippen molar-refractivity contribution in [2.75, 3.05) is 13.1 Å². The summed E-state index contributed by atoms with van der Waals surface area (Å²) in [5.41, 5.74) is 2.53. The molecule has 0 radical (unpaired) electrons. The molecule has 4 rings (SSSR count). The largest absolute Gasteiger partial charge is 0.375 e. The van der Waals surface area contributed by atoms with Gasteiger partial charge in [0, 0.05) is 29.5 Å². The molecule has 3 saturated heterocycles. The van der Waals surface area contributed by atoms with Gasteiger partial charge in [0.2, 0.25) is 0 Å². The summed E-state index contributed by atoms with van der Waals surface area (Å²) in [4.78, 5) is 6.92. The first kappa shape index (κ1) is 10.3. The number of allylic oxidation sites excluding steroid dienone is 1. The Morgan fingerprint density at radius 2 is 2.19 bits per heavy atom. The quantitative estimate of drug-likeness (QED) is 0.784. The van der Waals surface area contributed by atoms with Crippen molar-refractivity contribution in [1.29, 1.82) is 0 Å². The molecule has 0 saturated carbocycles. The summed E-state index contributed by atoms with van der Waals surface area (Å²) >= 11 is 3.55. The van der Waals surface area contributed by atoms with E-state index in [0.717, 1.165) is 16.1 Å². The normalized spacial score (nSPS) is 23.1. The van der Waals surface area contributed by atoms with Gasteiger partial charge in [-0.3, -0.25) is 4.98 Å². The fourth-order valence-corrected chi connectivity index (χ4v) is 3.03. The molecule has 1 aromatic heterocycles. The van der Waals surface area contributed by atoms with Gasteiger partial charge >= 0.3 is 0 Å². The van der Waals surface area contributed by atoms with Crippen LogP contribution in [0.15, 0.2) is 28.5 Å². The average Bonchev–Trinajstić information content (AvgIpc) is 2.34. The van der Waals surface area contributed by atoms with E-state index >= 15 is 0 Å². The number of aromatic nitrogens is 1. The van der Waals surface area contributed by atoms with Crippen molar-refractivity contribution in [3.05, 3.63) is 34.2 Å². The molecule has 3 aliphatic rings. The van der Waals surface area contributed by atoms with Gasteiger partial charge in [-0.15, -0.1) is 0 Å². The van der Waals surface area contributed by atoms with E-state index in [4.69, 9.17) is 0 Å². The molecular weight excluding hydrogens is 264 g/mol. The van der Waals surface area contributed by atoms with E-state index < -0.39 is 0 Å². The van der Waals surface area contributed by atoms with E-state index in [1.807, 2.05) is 12.3 Å². The maximum atomic E-state index is 4.41. The van der Waals surface area contributed by atoms with Crippen LogP contribution in [0, 0.1) is 5.92 Å². The Balaban J connectivity index is 1.90. The fraction of sp³-hybridized carbons (Fsp3) is 0.462. The molecule has 3 aliphatic heterocycles. The number of hydrogen-bond acceptors (Lipinski definition) is 2. The third-order valence-electron chi connectivity index (χ3n) is 3.61. The van der Waals surface area contributed by atoms with Crippen molar-refractivity contribution < 1.29 is 0 Å². The van der Waals surface area contributed by atoms with Crippen molar-refractivity contribution in [3.63, 3.8) is 0 Å². The van der Waals surface area contributed by atoms with Crippen molar-refractivity contribution in [1.82, 2.24) is 9.88 Å². The van der Waals surface area contributed by atoms with Gasteiger partial charge in [0.05, 0.1) is 5.69 Å². The van der Waals surface area contributed by atoms with Gasteiger partial charge < -0.3 is 4.90 Å². The Kier molecular flexibility index (Phi) is 2.72. The Morgan fingerprint density at radius 3 is 2.81 bits per heavy atom. The van der Waals surface area contributed by atoms with Crippen molar-refractivity contribution in [2.45, 2.75) is 19.3 Å². The van der Waals surface area contributed by atoms with E-state index in [1.165, 1.54) is 38.0 Å². The van der Waals surface area contributed by atoms with Crippen LogP contribution in [-0.2, 0) is 0 Å². The van der Waals surface area contributed by atoms with Crippen LogP contribution in [0.2, 0.25) is 0 Å². The first-order chi connectivity index (χ1) is 7.83. The van der Waals surface area contributed by atoms with Crippen molar-refractivity contribution >= 4 is 22.0 Å². The zero-order valence-electron chi connectivity index (χ0n) is 9.19. The van der Waals surface area contributed by atoms with E-state index in [9.17, 15) is 0 Å². The Bertz CT molecular complexity index is 420. The molecule has 0 spiro atoms. The van der Waals surface area contributed by atoms with Crippen LogP contribution >= 0.6 is 15.9 Å². The number of piperidine rings is 3. The van der Waals surface area contributed by atoms with Gasteiger partial charge in [0.1, 0.15) is 0 Å². The topological polar surface area (TPSA) is 16.1 Å². The highest BCUT2D eigenvalue weighted by atomic mass is 79.9. The lowest BCUT2D eigenvalue weighted by Gasteiger charge is -2.42. The van der Waals surface area contributed by atoms with E-state index in [1.54, 1.807) is 0 Å². The second kappa shape index (κ2) is 4.21.